The fourth-order valence-electron chi connectivity index (χ4n) is 8.12. The fourth-order valence-corrected chi connectivity index (χ4v) is 13.2. The fraction of sp³-hybridized carbons (Fsp3) is 0.286. The second-order valence-electron chi connectivity index (χ2n) is 17.2. The van der Waals surface area contributed by atoms with Crippen LogP contribution >= 0.6 is 15.8 Å². The van der Waals surface area contributed by atoms with Gasteiger partial charge in [0, 0.05) is 34.1 Å². The molecule has 6 aromatic rings. The molecule has 2 nitrogen and oxygen atoms in total. The smallest absolute Gasteiger partial charge is 0.0745 e. The topological polar surface area (TPSA) is 24.9 Å². The Morgan fingerprint density at radius 1 is 0.623 bits per heavy atom. The molecule has 3 unspecified atom stereocenters. The van der Waals surface area contributed by atoms with Crippen LogP contribution in [0.5, 0.6) is 0 Å². The minimum Gasteiger partial charge on any atom is -0.377 e. The highest BCUT2D eigenvalue weighted by molar-refractivity contribution is 7.72. The lowest BCUT2D eigenvalue weighted by atomic mass is 9.82. The molecule has 53 heavy (non-hydrogen) atoms. The largest absolute Gasteiger partial charge is 0.377 e. The molecule has 8 rings (SSSR count). The van der Waals surface area contributed by atoms with E-state index in [0.717, 1.165) is 29.8 Å². The zero-order valence-electron chi connectivity index (χ0n) is 32.6. The van der Waals surface area contributed by atoms with Crippen molar-refractivity contribution in [3.05, 3.63) is 160 Å². The Hall–Kier alpha value is -4.09. The van der Waals surface area contributed by atoms with Crippen LogP contribution in [-0.4, -0.2) is 11.0 Å². The lowest BCUT2D eigenvalue weighted by molar-refractivity contribution is 0.510. The number of nitrogens with zero attached hydrogens (tertiary/aromatic N) is 1. The molecule has 2 heterocycles. The molecule has 2 aliphatic rings. The first-order valence-corrected chi connectivity index (χ1v) is 22.2. The number of anilines is 1. The van der Waals surface area contributed by atoms with E-state index < -0.39 is 15.8 Å². The van der Waals surface area contributed by atoms with Crippen molar-refractivity contribution in [3.63, 3.8) is 0 Å². The van der Waals surface area contributed by atoms with Crippen LogP contribution in [0.3, 0.4) is 0 Å². The van der Waals surface area contributed by atoms with E-state index in [2.05, 4.69) is 182 Å². The van der Waals surface area contributed by atoms with Crippen molar-refractivity contribution in [3.8, 4) is 0 Å². The first-order chi connectivity index (χ1) is 25.3. The molecule has 0 saturated heterocycles. The maximum Gasteiger partial charge on any atom is 0.0745 e. The van der Waals surface area contributed by atoms with E-state index in [1.165, 1.54) is 71.1 Å². The summed E-state index contributed by atoms with van der Waals surface area (Å²) in [6, 6.07) is 42.0. The highest BCUT2D eigenvalue weighted by Gasteiger charge is 2.32. The lowest BCUT2D eigenvalue weighted by Gasteiger charge is -2.36. The summed E-state index contributed by atoms with van der Waals surface area (Å²) in [7, 11) is -1.54. The third-order valence-corrected chi connectivity index (χ3v) is 16.1. The van der Waals surface area contributed by atoms with Gasteiger partial charge in [0.15, 0.2) is 0 Å². The van der Waals surface area contributed by atoms with Crippen molar-refractivity contribution < 1.29 is 0 Å². The van der Waals surface area contributed by atoms with E-state index in [1.807, 2.05) is 0 Å². The quantitative estimate of drug-likeness (QED) is 0.142. The molecule has 0 radical (unpaired) electrons. The molecule has 5 aromatic carbocycles. The number of fused-ring (bicyclic) bond motifs is 2. The van der Waals surface area contributed by atoms with Crippen LogP contribution in [0.2, 0.25) is 0 Å². The molecule has 0 saturated carbocycles. The standard InChI is InChI=1S/C49H52N2P2/c1-32-23-34-27-35-24-33(2)26-37-31-53(41-17-13-10-14-18-41)45-29-39(49(6,7)8)20-22-43(45)50-42-21-19-38(48(3,4)5)28-44(42)52(40-15-11-9-12-16-40)30-36(25-32)46(34)51-47(35)37/h9-21,23-29,43,50H,22,30-31H2,1-8H3. The van der Waals surface area contributed by atoms with E-state index >= 15 is 0 Å². The van der Waals surface area contributed by atoms with Crippen LogP contribution in [0, 0.1) is 19.3 Å². The van der Waals surface area contributed by atoms with Crippen LogP contribution in [0.4, 0.5) is 5.69 Å². The molecular formula is C49H52N2P2. The molecule has 4 heteroatoms. The molecule has 1 aliphatic carbocycles. The summed E-state index contributed by atoms with van der Waals surface area (Å²) in [5.74, 6) is 0. The minimum atomic E-state index is -0.790. The van der Waals surface area contributed by atoms with Gasteiger partial charge in [-0.25, -0.2) is 4.98 Å². The summed E-state index contributed by atoms with van der Waals surface area (Å²) < 4.78 is 0. The summed E-state index contributed by atoms with van der Waals surface area (Å²) >= 11 is 0. The van der Waals surface area contributed by atoms with Crippen molar-refractivity contribution >= 4 is 59.3 Å². The minimum absolute atomic E-state index is 0.0265. The van der Waals surface area contributed by atoms with Gasteiger partial charge in [0.05, 0.1) is 17.1 Å². The number of pyridine rings is 1. The van der Waals surface area contributed by atoms with Gasteiger partial charge < -0.3 is 5.32 Å². The van der Waals surface area contributed by atoms with E-state index in [-0.39, 0.29) is 16.9 Å². The second kappa shape index (κ2) is 14.0. The maximum atomic E-state index is 5.71. The predicted molar refractivity (Wildman–Crippen MR) is 235 cm³/mol. The molecular weight excluding hydrogens is 679 g/mol. The van der Waals surface area contributed by atoms with E-state index in [4.69, 9.17) is 4.98 Å². The number of benzene rings is 5. The Morgan fingerprint density at radius 2 is 1.19 bits per heavy atom. The monoisotopic (exact) mass is 730 g/mol. The number of hydrogen-bond acceptors (Lipinski definition) is 2. The van der Waals surface area contributed by atoms with Gasteiger partial charge in [0.2, 0.25) is 0 Å². The van der Waals surface area contributed by atoms with Gasteiger partial charge in [-0.1, -0.05) is 144 Å². The van der Waals surface area contributed by atoms with Gasteiger partial charge in [0.1, 0.15) is 0 Å². The van der Waals surface area contributed by atoms with E-state index in [1.54, 1.807) is 0 Å². The highest BCUT2D eigenvalue weighted by atomic mass is 31.1. The van der Waals surface area contributed by atoms with Crippen molar-refractivity contribution in [2.45, 2.75) is 85.6 Å². The first kappa shape index (κ1) is 35.9. The second-order valence-corrected chi connectivity index (χ2v) is 21.6. The third kappa shape index (κ3) is 7.26. The molecule has 1 aliphatic heterocycles. The number of rotatable bonds is 2. The number of hydrogen-bond donors (Lipinski definition) is 1. The molecule has 268 valence electrons. The van der Waals surface area contributed by atoms with E-state index in [9.17, 15) is 0 Å². The van der Waals surface area contributed by atoms with Crippen LogP contribution < -0.4 is 21.2 Å². The van der Waals surface area contributed by atoms with Gasteiger partial charge in [-0.3, -0.25) is 0 Å². The van der Waals surface area contributed by atoms with E-state index in [0.29, 0.717) is 0 Å². The molecule has 1 aromatic heterocycles. The predicted octanol–water partition coefficient (Wildman–Crippen LogP) is 12.3. The Labute approximate surface area is 319 Å². The van der Waals surface area contributed by atoms with Crippen LogP contribution in [-0.2, 0) is 17.7 Å². The molecule has 2 bridgehead atoms. The maximum absolute atomic E-state index is 5.71. The Morgan fingerprint density at radius 3 is 1.75 bits per heavy atom. The van der Waals surface area contributed by atoms with Gasteiger partial charge in [-0.05, 0) is 115 Å². The summed E-state index contributed by atoms with van der Waals surface area (Å²) in [5.41, 5.74) is 11.7. The van der Waals surface area contributed by atoms with Crippen molar-refractivity contribution in [1.29, 1.82) is 0 Å². The van der Waals surface area contributed by atoms with Crippen LogP contribution in [0.15, 0.2) is 132 Å². The van der Waals surface area contributed by atoms with Crippen LogP contribution in [0.1, 0.15) is 75.8 Å². The first-order valence-electron chi connectivity index (χ1n) is 19.1. The average molecular weight is 731 g/mol. The Bertz CT molecular complexity index is 2390. The lowest BCUT2D eigenvalue weighted by Crippen LogP contribution is -2.30. The van der Waals surface area contributed by atoms with Crippen LogP contribution in [0.25, 0.3) is 21.8 Å². The number of allylic oxidation sites excluding steroid dienone is 2. The molecule has 3 atom stereocenters. The molecule has 0 fully saturated rings. The van der Waals surface area contributed by atoms with Crippen molar-refractivity contribution in [2.75, 3.05) is 5.32 Å². The normalized spacial score (nSPS) is 19.3. The number of aromatic nitrogens is 1. The molecule has 0 spiro atoms. The van der Waals surface area contributed by atoms with Gasteiger partial charge in [0.25, 0.3) is 0 Å². The average Bonchev–Trinajstić information content (AvgIpc) is 3.12. The highest BCUT2D eigenvalue weighted by Crippen LogP contribution is 2.54. The van der Waals surface area contributed by atoms with Gasteiger partial charge in [-0.15, -0.1) is 0 Å². The van der Waals surface area contributed by atoms with Crippen molar-refractivity contribution in [2.24, 2.45) is 5.41 Å². The Kier molecular flexibility index (Phi) is 9.46. The SMILES string of the molecule is Cc1cc2c3nc4c(cc(C)cc4cc3c1)CP(c1ccccc1)c1cc(C(C)(C)C)ccc1NC1CC=C(C(C)(C)C)C=C1P(c1ccccc1)C2. The third-order valence-electron chi connectivity index (χ3n) is 10.9. The van der Waals surface area contributed by atoms with Gasteiger partial charge in [-0.2, -0.15) is 0 Å². The zero-order chi connectivity index (χ0) is 37.1. The molecule has 1 N–H and O–H groups in total. The number of nitrogens with one attached hydrogen (secondary N) is 1. The molecule has 0 amide bonds. The number of aryl methyl sites for hydroxylation is 2. The zero-order valence-corrected chi connectivity index (χ0v) is 34.4. The van der Waals surface area contributed by atoms with Crippen molar-refractivity contribution in [1.82, 2.24) is 4.98 Å². The summed E-state index contributed by atoms with van der Waals surface area (Å²) in [5, 5.41) is 12.5. The summed E-state index contributed by atoms with van der Waals surface area (Å²) in [6.07, 6.45) is 7.92. The summed E-state index contributed by atoms with van der Waals surface area (Å²) in [4.78, 5) is 5.71. The summed E-state index contributed by atoms with van der Waals surface area (Å²) in [6.45, 7) is 18.6. The van der Waals surface area contributed by atoms with Gasteiger partial charge >= 0.3 is 0 Å². The Balaban J connectivity index is 1.46.